The Morgan fingerprint density at radius 1 is 1.04 bits per heavy atom. The summed E-state index contributed by atoms with van der Waals surface area (Å²) in [4.78, 5) is 23.2. The van der Waals surface area contributed by atoms with Crippen molar-refractivity contribution in [3.63, 3.8) is 0 Å². The van der Waals surface area contributed by atoms with E-state index in [9.17, 15) is 4.79 Å². The van der Waals surface area contributed by atoms with Crippen molar-refractivity contribution in [2.45, 2.75) is 51.0 Å². The molecule has 0 spiro atoms. The summed E-state index contributed by atoms with van der Waals surface area (Å²) < 4.78 is 0. The summed E-state index contributed by atoms with van der Waals surface area (Å²) in [6.07, 6.45) is 8.95. The van der Waals surface area contributed by atoms with Crippen LogP contribution in [0.4, 0.5) is 0 Å². The molecule has 4 nitrogen and oxygen atoms in total. The highest BCUT2D eigenvalue weighted by Gasteiger charge is 2.40. The van der Waals surface area contributed by atoms with Crippen LogP contribution in [0.2, 0.25) is 0 Å². The van der Waals surface area contributed by atoms with E-state index >= 15 is 0 Å². The molecule has 2 aromatic rings. The van der Waals surface area contributed by atoms with Crippen molar-refractivity contribution in [3.8, 4) is 0 Å². The van der Waals surface area contributed by atoms with Crippen molar-refractivity contribution in [1.82, 2.24) is 14.8 Å². The lowest BCUT2D eigenvalue weighted by atomic mass is 9.84. The molecule has 2 aliphatic heterocycles. The number of nitrogens with zero attached hydrogens (tertiary/aromatic N) is 3. The van der Waals surface area contributed by atoms with Crippen LogP contribution in [0.5, 0.6) is 0 Å². The number of ketones is 1. The Kier molecular flexibility index (Phi) is 5.55. The Bertz CT molecular complexity index is 793. The smallest absolute Gasteiger partial charge is 0.184 e. The average Bonchev–Trinajstić information content (AvgIpc) is 3.25. The van der Waals surface area contributed by atoms with Crippen LogP contribution in [-0.2, 0) is 0 Å². The van der Waals surface area contributed by atoms with Gasteiger partial charge in [-0.2, -0.15) is 0 Å². The topological polar surface area (TPSA) is 36.4 Å². The van der Waals surface area contributed by atoms with E-state index in [1.807, 2.05) is 30.3 Å². The van der Waals surface area contributed by atoms with Crippen LogP contribution in [0.25, 0.3) is 10.9 Å². The number of aromatic nitrogens is 1. The number of hydrogen-bond acceptors (Lipinski definition) is 4. The van der Waals surface area contributed by atoms with Crippen LogP contribution in [0, 0.1) is 0 Å². The third-order valence-corrected chi connectivity index (χ3v) is 6.51. The number of piperidine rings is 1. The second-order valence-corrected chi connectivity index (χ2v) is 8.37. The standard InChI is InChI=1S/C23H31N3O/c1-23(26-14-5-2-6-15-26,11-16-25-12-7-8-13-25)22(27)20-17-19-9-3-4-10-21(19)24-18-20/h3-4,9-10,17-18H,2,5-8,11-16H2,1H3. The Morgan fingerprint density at radius 2 is 1.74 bits per heavy atom. The van der Waals surface area contributed by atoms with Gasteiger partial charge in [-0.25, -0.2) is 0 Å². The van der Waals surface area contributed by atoms with E-state index in [1.54, 1.807) is 6.20 Å². The first kappa shape index (κ1) is 18.6. The minimum absolute atomic E-state index is 0.238. The van der Waals surface area contributed by atoms with E-state index in [0.29, 0.717) is 0 Å². The predicted molar refractivity (Wildman–Crippen MR) is 110 cm³/mol. The molecule has 144 valence electrons. The molecule has 0 N–H and O–H groups in total. The van der Waals surface area contributed by atoms with Gasteiger partial charge in [0.25, 0.3) is 0 Å². The zero-order chi connectivity index (χ0) is 18.7. The maximum atomic E-state index is 13.7. The van der Waals surface area contributed by atoms with Crippen LogP contribution in [-0.4, -0.2) is 58.8 Å². The van der Waals surface area contributed by atoms with Crippen LogP contribution < -0.4 is 0 Å². The molecule has 1 aromatic heterocycles. The largest absolute Gasteiger partial charge is 0.303 e. The van der Waals surface area contributed by atoms with Gasteiger partial charge in [0.15, 0.2) is 5.78 Å². The number of fused-ring (bicyclic) bond motifs is 1. The summed E-state index contributed by atoms with van der Waals surface area (Å²) >= 11 is 0. The molecular weight excluding hydrogens is 334 g/mol. The lowest BCUT2D eigenvalue weighted by Crippen LogP contribution is -2.55. The first-order valence-electron chi connectivity index (χ1n) is 10.5. The van der Waals surface area contributed by atoms with Crippen LogP contribution in [0.15, 0.2) is 36.5 Å². The van der Waals surface area contributed by atoms with Gasteiger partial charge < -0.3 is 4.90 Å². The van der Waals surface area contributed by atoms with Gasteiger partial charge in [-0.1, -0.05) is 24.6 Å². The van der Waals surface area contributed by atoms with E-state index in [1.165, 1.54) is 45.2 Å². The van der Waals surface area contributed by atoms with Crippen LogP contribution in [0.1, 0.15) is 55.8 Å². The molecule has 0 bridgehead atoms. The zero-order valence-corrected chi connectivity index (χ0v) is 16.5. The molecule has 0 amide bonds. The van der Waals surface area contributed by atoms with E-state index in [0.717, 1.165) is 42.5 Å². The van der Waals surface area contributed by atoms with Gasteiger partial charge in [0.05, 0.1) is 11.1 Å². The fourth-order valence-electron chi connectivity index (χ4n) is 4.69. The highest BCUT2D eigenvalue weighted by molar-refractivity contribution is 6.04. The van der Waals surface area contributed by atoms with Crippen LogP contribution in [0.3, 0.4) is 0 Å². The summed E-state index contributed by atoms with van der Waals surface area (Å²) in [5, 5.41) is 1.05. The van der Waals surface area contributed by atoms with Crippen molar-refractivity contribution in [2.24, 2.45) is 0 Å². The Hall–Kier alpha value is -1.78. The summed E-state index contributed by atoms with van der Waals surface area (Å²) in [5.74, 6) is 0.238. The SMILES string of the molecule is CC(CCN1CCCC1)(C(=O)c1cnc2ccccc2c1)N1CCCCC1. The summed E-state index contributed by atoms with van der Waals surface area (Å²) in [6.45, 7) is 7.61. The van der Waals surface area contributed by atoms with Crippen LogP contribution >= 0.6 is 0 Å². The monoisotopic (exact) mass is 365 g/mol. The number of para-hydroxylation sites is 1. The second kappa shape index (κ2) is 8.07. The molecule has 0 radical (unpaired) electrons. The van der Waals surface area contributed by atoms with E-state index in [4.69, 9.17) is 0 Å². The molecule has 1 unspecified atom stereocenters. The van der Waals surface area contributed by atoms with Gasteiger partial charge in [-0.3, -0.25) is 14.7 Å². The van der Waals surface area contributed by atoms with Gasteiger partial charge in [0.2, 0.25) is 0 Å². The van der Waals surface area contributed by atoms with E-state index in [-0.39, 0.29) is 5.78 Å². The normalized spacial score (nSPS) is 21.4. The molecule has 27 heavy (non-hydrogen) atoms. The number of carbonyl (C=O) groups excluding carboxylic acids is 1. The molecule has 3 heterocycles. The van der Waals surface area contributed by atoms with Gasteiger partial charge in [-0.15, -0.1) is 0 Å². The second-order valence-electron chi connectivity index (χ2n) is 8.37. The number of carbonyl (C=O) groups is 1. The first-order chi connectivity index (χ1) is 13.2. The van der Waals surface area contributed by atoms with Crippen molar-refractivity contribution >= 4 is 16.7 Å². The summed E-state index contributed by atoms with van der Waals surface area (Å²) in [6, 6.07) is 10.1. The Labute approximate surface area is 162 Å². The molecule has 0 aliphatic carbocycles. The number of hydrogen-bond donors (Lipinski definition) is 0. The predicted octanol–water partition coefficient (Wildman–Crippen LogP) is 4.15. The van der Waals surface area contributed by atoms with Crippen molar-refractivity contribution in [1.29, 1.82) is 0 Å². The van der Waals surface area contributed by atoms with Gasteiger partial charge >= 0.3 is 0 Å². The quantitative estimate of drug-likeness (QED) is 0.721. The third kappa shape index (κ3) is 3.92. The number of pyridine rings is 1. The average molecular weight is 366 g/mol. The maximum absolute atomic E-state index is 13.7. The zero-order valence-electron chi connectivity index (χ0n) is 16.5. The molecule has 2 aliphatic rings. The fraction of sp³-hybridized carbons (Fsp3) is 0.565. The van der Waals surface area contributed by atoms with Crippen molar-refractivity contribution < 1.29 is 4.79 Å². The molecule has 1 atom stereocenters. The van der Waals surface area contributed by atoms with E-state index < -0.39 is 5.54 Å². The molecule has 4 heteroatoms. The summed E-state index contributed by atoms with van der Waals surface area (Å²) in [5.41, 5.74) is 1.27. The molecular formula is C23H31N3O. The minimum Gasteiger partial charge on any atom is -0.303 e. The highest BCUT2D eigenvalue weighted by Crippen LogP contribution is 2.30. The Balaban J connectivity index is 1.61. The van der Waals surface area contributed by atoms with Gasteiger partial charge in [-0.05, 0) is 77.3 Å². The lowest BCUT2D eigenvalue weighted by molar-refractivity contribution is 0.0453. The number of benzene rings is 1. The van der Waals surface area contributed by atoms with E-state index in [2.05, 4.69) is 21.7 Å². The third-order valence-electron chi connectivity index (χ3n) is 6.51. The maximum Gasteiger partial charge on any atom is 0.184 e. The molecule has 0 saturated carbocycles. The lowest BCUT2D eigenvalue weighted by Gasteiger charge is -2.43. The highest BCUT2D eigenvalue weighted by atomic mass is 16.1. The van der Waals surface area contributed by atoms with Gasteiger partial charge in [0, 0.05) is 23.7 Å². The van der Waals surface area contributed by atoms with Gasteiger partial charge in [0.1, 0.15) is 0 Å². The molecule has 4 rings (SSSR count). The van der Waals surface area contributed by atoms with Crippen molar-refractivity contribution in [2.75, 3.05) is 32.7 Å². The van der Waals surface area contributed by atoms with Crippen molar-refractivity contribution in [3.05, 3.63) is 42.1 Å². The molecule has 2 fully saturated rings. The minimum atomic E-state index is -0.437. The first-order valence-corrected chi connectivity index (χ1v) is 10.5. The number of likely N-dealkylation sites (tertiary alicyclic amines) is 2. The molecule has 2 saturated heterocycles. The molecule has 1 aromatic carbocycles. The Morgan fingerprint density at radius 3 is 2.52 bits per heavy atom. The number of Topliss-reactive ketones (excluding diaryl/α,β-unsaturated/α-hetero) is 1. The summed E-state index contributed by atoms with van der Waals surface area (Å²) in [7, 11) is 0. The fourth-order valence-corrected chi connectivity index (χ4v) is 4.69. The number of rotatable bonds is 6.